The Bertz CT molecular complexity index is 784. The van der Waals surface area contributed by atoms with Gasteiger partial charge >= 0.3 is 0 Å². The molecule has 3 rings (SSSR count). The van der Waals surface area contributed by atoms with Crippen LogP contribution in [0.1, 0.15) is 16.2 Å². The van der Waals surface area contributed by atoms with Gasteiger partial charge < -0.3 is 4.74 Å². The molecule has 4 nitrogen and oxygen atoms in total. The second-order valence-electron chi connectivity index (χ2n) is 4.79. The predicted molar refractivity (Wildman–Crippen MR) is 84.1 cm³/mol. The molecule has 1 aromatic heterocycles. The molecule has 4 heteroatoms. The maximum absolute atomic E-state index is 11.0. The van der Waals surface area contributed by atoms with Crippen LogP contribution in [0.25, 0.3) is 11.1 Å². The standard InChI is InChI=1S/C18H14N2O2/c1-13-19-11-16(12-21)18(20-13)22-17-9-7-15(8-10-17)14-5-3-2-4-6-14/h2-12H,1H3. The summed E-state index contributed by atoms with van der Waals surface area (Å²) < 4.78 is 5.69. The van der Waals surface area contributed by atoms with Gasteiger partial charge in [-0.25, -0.2) is 4.98 Å². The van der Waals surface area contributed by atoms with Crippen LogP contribution in [-0.2, 0) is 0 Å². The summed E-state index contributed by atoms with van der Waals surface area (Å²) >= 11 is 0. The van der Waals surface area contributed by atoms with Gasteiger partial charge in [-0.1, -0.05) is 42.5 Å². The molecule has 0 aliphatic rings. The van der Waals surface area contributed by atoms with Crippen molar-refractivity contribution in [2.75, 3.05) is 0 Å². The zero-order valence-electron chi connectivity index (χ0n) is 12.1. The van der Waals surface area contributed by atoms with Gasteiger partial charge in [0, 0.05) is 6.20 Å². The summed E-state index contributed by atoms with van der Waals surface area (Å²) in [6.45, 7) is 1.75. The summed E-state index contributed by atoms with van der Waals surface area (Å²) in [6, 6.07) is 17.7. The Kier molecular flexibility index (Phi) is 3.92. The van der Waals surface area contributed by atoms with Crippen LogP contribution < -0.4 is 4.74 Å². The van der Waals surface area contributed by atoms with E-state index in [1.807, 2.05) is 54.6 Å². The SMILES string of the molecule is Cc1ncc(C=O)c(Oc2ccc(-c3ccccc3)cc2)n1. The molecule has 108 valence electrons. The van der Waals surface area contributed by atoms with Gasteiger partial charge in [-0.3, -0.25) is 4.79 Å². The molecule has 0 spiro atoms. The van der Waals surface area contributed by atoms with Crippen LogP contribution in [0.3, 0.4) is 0 Å². The van der Waals surface area contributed by atoms with Crippen LogP contribution in [0.4, 0.5) is 0 Å². The molecule has 0 radical (unpaired) electrons. The summed E-state index contributed by atoms with van der Waals surface area (Å²) in [4.78, 5) is 19.1. The number of rotatable bonds is 4. The molecule has 0 bridgehead atoms. The second-order valence-corrected chi connectivity index (χ2v) is 4.79. The molecule has 0 saturated carbocycles. The van der Waals surface area contributed by atoms with Crippen molar-refractivity contribution in [2.24, 2.45) is 0 Å². The number of hydrogen-bond acceptors (Lipinski definition) is 4. The number of carbonyl (C=O) groups excluding carboxylic acids is 1. The van der Waals surface area contributed by atoms with E-state index in [4.69, 9.17) is 4.74 Å². The zero-order valence-corrected chi connectivity index (χ0v) is 12.1. The third-order valence-corrected chi connectivity index (χ3v) is 3.20. The van der Waals surface area contributed by atoms with Crippen molar-refractivity contribution in [2.45, 2.75) is 6.92 Å². The first kappa shape index (κ1) is 13.9. The number of carbonyl (C=O) groups is 1. The number of aldehydes is 1. The van der Waals surface area contributed by atoms with Gasteiger partial charge in [-0.15, -0.1) is 0 Å². The average Bonchev–Trinajstić information content (AvgIpc) is 2.57. The number of nitrogens with zero attached hydrogens (tertiary/aromatic N) is 2. The fraction of sp³-hybridized carbons (Fsp3) is 0.0556. The first-order chi connectivity index (χ1) is 10.8. The number of benzene rings is 2. The van der Waals surface area contributed by atoms with Crippen LogP contribution in [0.15, 0.2) is 60.8 Å². The number of ether oxygens (including phenoxy) is 1. The van der Waals surface area contributed by atoms with Crippen LogP contribution >= 0.6 is 0 Å². The summed E-state index contributed by atoms with van der Waals surface area (Å²) in [5.74, 6) is 1.46. The molecule has 0 aliphatic carbocycles. The van der Waals surface area contributed by atoms with Gasteiger partial charge in [0.1, 0.15) is 11.6 Å². The fourth-order valence-electron chi connectivity index (χ4n) is 2.08. The zero-order chi connectivity index (χ0) is 15.4. The lowest BCUT2D eigenvalue weighted by molar-refractivity contribution is 0.112. The lowest BCUT2D eigenvalue weighted by Gasteiger charge is -2.08. The summed E-state index contributed by atoms with van der Waals surface area (Å²) in [5.41, 5.74) is 2.57. The topological polar surface area (TPSA) is 52.1 Å². The largest absolute Gasteiger partial charge is 0.438 e. The smallest absolute Gasteiger partial charge is 0.233 e. The van der Waals surface area contributed by atoms with E-state index in [0.29, 0.717) is 23.4 Å². The van der Waals surface area contributed by atoms with Crippen LogP contribution in [0.2, 0.25) is 0 Å². The minimum atomic E-state index is 0.273. The highest BCUT2D eigenvalue weighted by atomic mass is 16.5. The van der Waals surface area contributed by atoms with Gasteiger partial charge in [-0.2, -0.15) is 4.98 Å². The molecule has 0 aliphatic heterocycles. The van der Waals surface area contributed by atoms with Crippen molar-refractivity contribution in [1.29, 1.82) is 0 Å². The van der Waals surface area contributed by atoms with Gasteiger partial charge in [0.2, 0.25) is 5.88 Å². The van der Waals surface area contributed by atoms with Crippen molar-refractivity contribution < 1.29 is 9.53 Å². The molecule has 0 amide bonds. The predicted octanol–water partition coefficient (Wildman–Crippen LogP) is 4.06. The minimum absolute atomic E-state index is 0.273. The van der Waals surface area contributed by atoms with Crippen molar-refractivity contribution in [3.63, 3.8) is 0 Å². The summed E-state index contributed by atoms with van der Waals surface area (Å²) in [5, 5.41) is 0. The number of aromatic nitrogens is 2. The molecule has 22 heavy (non-hydrogen) atoms. The van der Waals surface area contributed by atoms with E-state index in [2.05, 4.69) is 9.97 Å². The van der Waals surface area contributed by atoms with Gasteiger partial charge in [0.05, 0.1) is 5.56 Å². The highest BCUT2D eigenvalue weighted by Gasteiger charge is 2.08. The quantitative estimate of drug-likeness (QED) is 0.680. The third-order valence-electron chi connectivity index (χ3n) is 3.20. The molecule has 0 fully saturated rings. The van der Waals surface area contributed by atoms with E-state index >= 15 is 0 Å². The molecular formula is C18H14N2O2. The Balaban J connectivity index is 1.85. The highest BCUT2D eigenvalue weighted by molar-refractivity contribution is 5.77. The van der Waals surface area contributed by atoms with E-state index in [9.17, 15) is 4.79 Å². The van der Waals surface area contributed by atoms with Gasteiger partial charge in [0.15, 0.2) is 6.29 Å². The van der Waals surface area contributed by atoms with Gasteiger partial charge in [0.25, 0.3) is 0 Å². The Morgan fingerprint density at radius 1 is 0.955 bits per heavy atom. The van der Waals surface area contributed by atoms with E-state index in [1.165, 1.54) is 6.20 Å². The lowest BCUT2D eigenvalue weighted by Crippen LogP contribution is -1.97. The third kappa shape index (κ3) is 3.01. The number of hydrogen-bond donors (Lipinski definition) is 0. The fourth-order valence-corrected chi connectivity index (χ4v) is 2.08. The van der Waals surface area contributed by atoms with Crippen LogP contribution in [0.5, 0.6) is 11.6 Å². The van der Waals surface area contributed by atoms with Crippen molar-refractivity contribution in [1.82, 2.24) is 9.97 Å². The summed E-state index contributed by atoms with van der Waals surface area (Å²) in [6.07, 6.45) is 2.15. The van der Waals surface area contributed by atoms with E-state index in [-0.39, 0.29) is 5.88 Å². The molecule has 3 aromatic rings. The van der Waals surface area contributed by atoms with Gasteiger partial charge in [-0.05, 0) is 30.2 Å². The summed E-state index contributed by atoms with van der Waals surface area (Å²) in [7, 11) is 0. The molecule has 2 aromatic carbocycles. The average molecular weight is 290 g/mol. The molecule has 0 atom stereocenters. The highest BCUT2D eigenvalue weighted by Crippen LogP contribution is 2.26. The molecule has 0 N–H and O–H groups in total. The Morgan fingerprint density at radius 3 is 2.32 bits per heavy atom. The Morgan fingerprint density at radius 2 is 1.64 bits per heavy atom. The first-order valence-electron chi connectivity index (χ1n) is 6.88. The Labute approximate surface area is 128 Å². The van der Waals surface area contributed by atoms with Crippen LogP contribution in [0, 0.1) is 6.92 Å². The molecular weight excluding hydrogens is 276 g/mol. The minimum Gasteiger partial charge on any atom is -0.438 e. The van der Waals surface area contributed by atoms with Crippen molar-refractivity contribution >= 4 is 6.29 Å². The molecule has 1 heterocycles. The van der Waals surface area contributed by atoms with Crippen molar-refractivity contribution in [3.05, 3.63) is 72.2 Å². The number of aryl methyl sites for hydroxylation is 1. The van der Waals surface area contributed by atoms with Crippen molar-refractivity contribution in [3.8, 4) is 22.8 Å². The normalized spacial score (nSPS) is 10.2. The Hall–Kier alpha value is -3.01. The monoisotopic (exact) mass is 290 g/mol. The van der Waals surface area contributed by atoms with E-state index in [1.54, 1.807) is 6.92 Å². The molecule has 0 saturated heterocycles. The lowest BCUT2D eigenvalue weighted by atomic mass is 10.1. The van der Waals surface area contributed by atoms with E-state index < -0.39 is 0 Å². The first-order valence-corrected chi connectivity index (χ1v) is 6.88. The maximum Gasteiger partial charge on any atom is 0.233 e. The molecule has 0 unspecified atom stereocenters. The maximum atomic E-state index is 11.0. The van der Waals surface area contributed by atoms with E-state index in [0.717, 1.165) is 11.1 Å². The second kappa shape index (κ2) is 6.18. The van der Waals surface area contributed by atoms with Crippen LogP contribution in [-0.4, -0.2) is 16.3 Å².